The number of fused-ring (bicyclic) bond motifs is 9. The van der Waals surface area contributed by atoms with Crippen molar-refractivity contribution in [3.05, 3.63) is 182 Å². The maximum absolute atomic E-state index is 6.45. The molecule has 6 nitrogen and oxygen atoms in total. The third-order valence-corrected chi connectivity index (χ3v) is 11.2. The highest BCUT2D eigenvalue weighted by molar-refractivity contribution is 6.16. The summed E-state index contributed by atoms with van der Waals surface area (Å²) in [5.74, 6) is 1.75. The van der Waals surface area contributed by atoms with Gasteiger partial charge in [-0.05, 0) is 52.2 Å². The predicted molar refractivity (Wildman–Crippen MR) is 234 cm³/mol. The van der Waals surface area contributed by atoms with Crippen LogP contribution in [0, 0.1) is 0 Å². The van der Waals surface area contributed by atoms with Gasteiger partial charge in [0, 0.05) is 43.6 Å². The summed E-state index contributed by atoms with van der Waals surface area (Å²) in [6, 6.07) is 62.3. The van der Waals surface area contributed by atoms with E-state index in [-0.39, 0.29) is 0 Å². The quantitative estimate of drug-likeness (QED) is 0.175. The summed E-state index contributed by atoms with van der Waals surface area (Å²) in [5.41, 5.74) is 10.9. The Morgan fingerprint density at radius 1 is 0.276 bits per heavy atom. The first kappa shape index (κ1) is 32.3. The van der Waals surface area contributed by atoms with Crippen LogP contribution in [0.15, 0.2) is 191 Å². The summed E-state index contributed by atoms with van der Waals surface area (Å²) < 4.78 is 12.8. The van der Waals surface area contributed by atoms with Gasteiger partial charge in [0.15, 0.2) is 23.1 Å². The Balaban J connectivity index is 0.995. The molecular weight excluding hydrogens is 713 g/mol. The van der Waals surface area contributed by atoms with Gasteiger partial charge >= 0.3 is 0 Å². The second kappa shape index (κ2) is 12.8. The molecule has 0 aliphatic carbocycles. The molecule has 4 heterocycles. The Kier molecular flexibility index (Phi) is 7.13. The summed E-state index contributed by atoms with van der Waals surface area (Å²) in [6.07, 6.45) is 0. The van der Waals surface area contributed by atoms with Gasteiger partial charge in [-0.1, -0.05) is 152 Å². The lowest BCUT2D eigenvalue weighted by Gasteiger charge is -2.14. The fraction of sp³-hybridized carbons (Fsp3) is 0. The van der Waals surface area contributed by atoms with Gasteiger partial charge in [0.05, 0.1) is 11.3 Å². The van der Waals surface area contributed by atoms with E-state index in [1.165, 1.54) is 0 Å². The lowest BCUT2D eigenvalue weighted by atomic mass is 9.93. The highest BCUT2D eigenvalue weighted by Gasteiger charge is 2.20. The van der Waals surface area contributed by atoms with Crippen LogP contribution in [0.5, 0.6) is 0 Å². The summed E-state index contributed by atoms with van der Waals surface area (Å²) in [5, 5.41) is 7.36. The van der Waals surface area contributed by atoms with Gasteiger partial charge < -0.3 is 8.83 Å². The molecule has 8 aromatic carbocycles. The van der Waals surface area contributed by atoms with Gasteiger partial charge in [0.1, 0.15) is 22.3 Å². The molecule has 0 atom stereocenters. The number of hydrogen-bond acceptors (Lipinski definition) is 6. The van der Waals surface area contributed by atoms with Gasteiger partial charge in [-0.25, -0.2) is 19.9 Å². The number of aromatic nitrogens is 4. The van der Waals surface area contributed by atoms with Crippen molar-refractivity contribution in [3.8, 4) is 56.5 Å². The van der Waals surface area contributed by atoms with Crippen LogP contribution in [0.2, 0.25) is 0 Å². The van der Waals surface area contributed by atoms with Crippen LogP contribution in [0.4, 0.5) is 0 Å². The number of furan rings is 2. The Morgan fingerprint density at radius 3 is 1.57 bits per heavy atom. The second-order valence-corrected chi connectivity index (χ2v) is 14.5. The average molecular weight is 743 g/mol. The first-order valence-corrected chi connectivity index (χ1v) is 19.3. The standard InChI is InChI=1S/C52H30N4O2/c1-2-13-33(14-3-1)50-54-51(56-52(55-50)43-22-12-21-39-37-17-8-10-23-44(37)57-48(39)43)41-30-29-34(35-15-4-5-16-36(35)41)31-25-27-32(28-26-31)46-38-18-6-7-19-40(38)49-47(53-46)42-20-9-11-24-45(42)58-49/h1-30H. The number of hydrogen-bond donors (Lipinski definition) is 0. The van der Waals surface area contributed by atoms with E-state index in [1.807, 2.05) is 78.9 Å². The fourth-order valence-corrected chi connectivity index (χ4v) is 8.41. The minimum atomic E-state index is 0.556. The van der Waals surface area contributed by atoms with Crippen molar-refractivity contribution < 1.29 is 8.83 Å². The number of pyridine rings is 1. The van der Waals surface area contributed by atoms with Crippen LogP contribution in [-0.4, -0.2) is 19.9 Å². The molecule has 12 aromatic rings. The van der Waals surface area contributed by atoms with E-state index in [2.05, 4.69) is 103 Å². The number of nitrogens with zero attached hydrogens (tertiary/aromatic N) is 4. The zero-order chi connectivity index (χ0) is 38.2. The number of para-hydroxylation sites is 3. The summed E-state index contributed by atoms with van der Waals surface area (Å²) >= 11 is 0. The topological polar surface area (TPSA) is 77.8 Å². The van der Waals surface area contributed by atoms with E-state index in [4.69, 9.17) is 28.8 Å². The van der Waals surface area contributed by atoms with Crippen molar-refractivity contribution in [1.29, 1.82) is 0 Å². The molecule has 0 saturated carbocycles. The second-order valence-electron chi connectivity index (χ2n) is 14.5. The summed E-state index contributed by atoms with van der Waals surface area (Å²) in [7, 11) is 0. The Morgan fingerprint density at radius 2 is 0.793 bits per heavy atom. The molecule has 6 heteroatoms. The molecule has 0 aliphatic rings. The van der Waals surface area contributed by atoms with Crippen LogP contribution in [0.25, 0.3) is 122 Å². The van der Waals surface area contributed by atoms with Crippen molar-refractivity contribution in [3.63, 3.8) is 0 Å². The van der Waals surface area contributed by atoms with Crippen molar-refractivity contribution in [2.45, 2.75) is 0 Å². The monoisotopic (exact) mass is 742 g/mol. The maximum atomic E-state index is 6.45. The minimum absolute atomic E-state index is 0.556. The summed E-state index contributed by atoms with van der Waals surface area (Å²) in [4.78, 5) is 20.6. The molecule has 0 aliphatic heterocycles. The first-order chi connectivity index (χ1) is 28.7. The van der Waals surface area contributed by atoms with E-state index in [1.54, 1.807) is 0 Å². The third kappa shape index (κ3) is 5.05. The van der Waals surface area contributed by atoms with Gasteiger partial charge in [-0.15, -0.1) is 0 Å². The summed E-state index contributed by atoms with van der Waals surface area (Å²) in [6.45, 7) is 0. The molecule has 12 rings (SSSR count). The zero-order valence-corrected chi connectivity index (χ0v) is 30.9. The molecule has 0 amide bonds. The van der Waals surface area contributed by atoms with Crippen LogP contribution >= 0.6 is 0 Å². The van der Waals surface area contributed by atoms with Gasteiger partial charge in [-0.3, -0.25) is 0 Å². The molecule has 0 unspecified atom stereocenters. The molecular formula is C52H30N4O2. The highest BCUT2D eigenvalue weighted by Crippen LogP contribution is 2.41. The molecule has 0 fully saturated rings. The molecule has 0 bridgehead atoms. The average Bonchev–Trinajstić information content (AvgIpc) is 3.87. The van der Waals surface area contributed by atoms with Crippen molar-refractivity contribution >= 4 is 65.6 Å². The number of rotatable bonds is 5. The van der Waals surface area contributed by atoms with Gasteiger partial charge in [0.25, 0.3) is 0 Å². The van der Waals surface area contributed by atoms with E-state index >= 15 is 0 Å². The van der Waals surface area contributed by atoms with Crippen LogP contribution in [0.1, 0.15) is 0 Å². The maximum Gasteiger partial charge on any atom is 0.167 e. The van der Waals surface area contributed by atoms with E-state index in [9.17, 15) is 0 Å². The third-order valence-electron chi connectivity index (χ3n) is 11.2. The van der Waals surface area contributed by atoms with Gasteiger partial charge in [0.2, 0.25) is 0 Å². The SMILES string of the molecule is c1ccc(-c2nc(-c3ccc(-c4ccc(-c5nc6c7ccccc7oc6c6ccccc56)cc4)c4ccccc34)nc(-c3cccc4c3oc3ccccc34)n2)cc1. The van der Waals surface area contributed by atoms with Crippen molar-refractivity contribution in [1.82, 2.24) is 19.9 Å². The molecule has 0 N–H and O–H groups in total. The Hall–Kier alpha value is -7.96. The van der Waals surface area contributed by atoms with Gasteiger partial charge in [-0.2, -0.15) is 0 Å². The molecule has 58 heavy (non-hydrogen) atoms. The van der Waals surface area contributed by atoms with Crippen LogP contribution in [0.3, 0.4) is 0 Å². The number of benzene rings is 8. The van der Waals surface area contributed by atoms with Crippen molar-refractivity contribution in [2.75, 3.05) is 0 Å². The predicted octanol–water partition coefficient (Wildman–Crippen LogP) is 13.7. The van der Waals surface area contributed by atoms with E-state index in [0.717, 1.165) is 105 Å². The Labute approximate surface area is 331 Å². The van der Waals surface area contributed by atoms with Crippen molar-refractivity contribution in [2.24, 2.45) is 0 Å². The van der Waals surface area contributed by atoms with E-state index < -0.39 is 0 Å². The lowest BCUT2D eigenvalue weighted by molar-refractivity contribution is 0.669. The molecule has 270 valence electrons. The lowest BCUT2D eigenvalue weighted by Crippen LogP contribution is -2.01. The molecule has 0 radical (unpaired) electrons. The van der Waals surface area contributed by atoms with Crippen LogP contribution < -0.4 is 0 Å². The molecule has 0 saturated heterocycles. The fourth-order valence-electron chi connectivity index (χ4n) is 8.41. The first-order valence-electron chi connectivity index (χ1n) is 19.3. The zero-order valence-electron chi connectivity index (χ0n) is 30.9. The minimum Gasteiger partial charge on any atom is -0.455 e. The largest absolute Gasteiger partial charge is 0.455 e. The highest BCUT2D eigenvalue weighted by atomic mass is 16.3. The molecule has 0 spiro atoms. The van der Waals surface area contributed by atoms with Crippen LogP contribution in [-0.2, 0) is 0 Å². The Bertz CT molecular complexity index is 3570. The van der Waals surface area contributed by atoms with E-state index in [0.29, 0.717) is 17.5 Å². The normalized spacial score (nSPS) is 11.8. The smallest absolute Gasteiger partial charge is 0.167 e. The molecule has 4 aromatic heterocycles.